The first-order valence-electron chi connectivity index (χ1n) is 8.05. The van der Waals surface area contributed by atoms with E-state index < -0.39 is 5.78 Å². The summed E-state index contributed by atoms with van der Waals surface area (Å²) < 4.78 is 20.9. The molecule has 0 aliphatic heterocycles. The van der Waals surface area contributed by atoms with E-state index in [2.05, 4.69) is 4.98 Å². The van der Waals surface area contributed by atoms with Crippen LogP contribution in [0.1, 0.15) is 16.1 Å². The van der Waals surface area contributed by atoms with Gasteiger partial charge in [-0.3, -0.25) is 9.78 Å². The Labute approximate surface area is 156 Å². The normalized spacial score (nSPS) is 10.5. The lowest BCUT2D eigenvalue weighted by Gasteiger charge is -2.13. The molecule has 7 nitrogen and oxygen atoms in total. The van der Waals surface area contributed by atoms with E-state index in [-0.39, 0.29) is 22.8 Å². The third kappa shape index (κ3) is 3.08. The highest BCUT2D eigenvalue weighted by molar-refractivity contribution is 6.16. The summed E-state index contributed by atoms with van der Waals surface area (Å²) in [5, 5.41) is 11.8. The van der Waals surface area contributed by atoms with E-state index in [1.54, 1.807) is 31.4 Å². The molecular weight excluding hydrogens is 350 g/mol. The number of carbonyl (C=O) groups excluding carboxylic acids is 1. The molecule has 3 rings (SSSR count). The van der Waals surface area contributed by atoms with Crippen LogP contribution in [-0.4, -0.2) is 44.3 Å². The minimum absolute atomic E-state index is 0.0578. The third-order valence-corrected chi connectivity index (χ3v) is 4.25. The molecule has 0 aliphatic carbocycles. The van der Waals surface area contributed by atoms with Crippen molar-refractivity contribution >= 4 is 16.6 Å². The van der Waals surface area contributed by atoms with Crippen molar-refractivity contribution in [2.75, 3.05) is 28.4 Å². The number of fused-ring (bicyclic) bond motifs is 1. The van der Waals surface area contributed by atoms with Crippen molar-refractivity contribution in [3.05, 3.63) is 47.8 Å². The van der Waals surface area contributed by atoms with Gasteiger partial charge in [-0.2, -0.15) is 0 Å². The van der Waals surface area contributed by atoms with Crippen LogP contribution in [0.4, 0.5) is 0 Å². The first-order chi connectivity index (χ1) is 13.0. The monoisotopic (exact) mass is 369 g/mol. The summed E-state index contributed by atoms with van der Waals surface area (Å²) in [7, 11) is 5.89. The van der Waals surface area contributed by atoms with Crippen LogP contribution < -0.4 is 18.9 Å². The average molecular weight is 369 g/mol. The molecule has 0 saturated heterocycles. The summed E-state index contributed by atoms with van der Waals surface area (Å²) in [6.07, 6.45) is 1.53. The SMILES string of the molecule is COc1cc2ccnc(C(=O)c3ccc(OC)c(OC)c3O)c2cc1OC. The zero-order chi connectivity index (χ0) is 19.6. The second-order valence-corrected chi connectivity index (χ2v) is 5.61. The van der Waals surface area contributed by atoms with Gasteiger partial charge in [0.25, 0.3) is 0 Å². The molecule has 0 aliphatic rings. The fourth-order valence-electron chi connectivity index (χ4n) is 2.90. The highest BCUT2D eigenvalue weighted by Crippen LogP contribution is 2.40. The average Bonchev–Trinajstić information content (AvgIpc) is 2.71. The van der Waals surface area contributed by atoms with Crippen molar-refractivity contribution in [1.82, 2.24) is 4.98 Å². The molecule has 0 spiro atoms. The zero-order valence-electron chi connectivity index (χ0n) is 15.4. The molecule has 0 bridgehead atoms. The molecule has 1 heterocycles. The van der Waals surface area contributed by atoms with Crippen molar-refractivity contribution < 1.29 is 28.8 Å². The first-order valence-corrected chi connectivity index (χ1v) is 8.05. The molecule has 0 amide bonds. The van der Waals surface area contributed by atoms with Crippen LogP contribution in [0.3, 0.4) is 0 Å². The van der Waals surface area contributed by atoms with Crippen molar-refractivity contribution in [2.24, 2.45) is 0 Å². The topological polar surface area (TPSA) is 87.1 Å². The van der Waals surface area contributed by atoms with Gasteiger partial charge in [0.2, 0.25) is 11.5 Å². The number of phenolic OH excluding ortho intramolecular Hbond substituents is 1. The lowest BCUT2D eigenvalue weighted by atomic mass is 10.0. The summed E-state index contributed by atoms with van der Waals surface area (Å²) in [4.78, 5) is 17.3. The maximum atomic E-state index is 13.1. The fourth-order valence-corrected chi connectivity index (χ4v) is 2.90. The number of benzene rings is 2. The van der Waals surface area contributed by atoms with Gasteiger partial charge in [0.15, 0.2) is 23.0 Å². The number of nitrogens with zero attached hydrogens (tertiary/aromatic N) is 1. The molecule has 0 atom stereocenters. The summed E-state index contributed by atoms with van der Waals surface area (Å²) in [6.45, 7) is 0. The quantitative estimate of drug-likeness (QED) is 0.668. The highest BCUT2D eigenvalue weighted by atomic mass is 16.5. The van der Waals surface area contributed by atoms with Gasteiger partial charge < -0.3 is 24.1 Å². The molecular formula is C20H19NO6. The smallest absolute Gasteiger partial charge is 0.215 e. The van der Waals surface area contributed by atoms with E-state index in [1.165, 1.54) is 33.6 Å². The summed E-state index contributed by atoms with van der Waals surface area (Å²) in [6, 6.07) is 8.25. The molecule has 0 fully saturated rings. The molecule has 0 unspecified atom stereocenters. The number of ketones is 1. The Kier molecular flexibility index (Phi) is 5.03. The van der Waals surface area contributed by atoms with Crippen LogP contribution in [0.15, 0.2) is 36.5 Å². The van der Waals surface area contributed by atoms with Crippen LogP contribution in [0.2, 0.25) is 0 Å². The Hall–Kier alpha value is -3.48. The predicted molar refractivity (Wildman–Crippen MR) is 99.5 cm³/mol. The van der Waals surface area contributed by atoms with Crippen LogP contribution in [0.5, 0.6) is 28.7 Å². The fraction of sp³-hybridized carbons (Fsp3) is 0.200. The largest absolute Gasteiger partial charge is 0.504 e. The number of rotatable bonds is 6. The number of carbonyl (C=O) groups is 1. The molecule has 1 N–H and O–H groups in total. The number of hydrogen-bond acceptors (Lipinski definition) is 7. The Morgan fingerprint density at radius 2 is 1.56 bits per heavy atom. The number of hydrogen-bond donors (Lipinski definition) is 1. The Balaban J connectivity index is 2.19. The number of methoxy groups -OCH3 is 4. The Bertz CT molecular complexity index is 1020. The lowest BCUT2D eigenvalue weighted by Crippen LogP contribution is -2.07. The van der Waals surface area contributed by atoms with Crippen LogP contribution in [0.25, 0.3) is 10.8 Å². The van der Waals surface area contributed by atoms with Gasteiger partial charge in [-0.15, -0.1) is 0 Å². The standard InChI is InChI=1S/C20H19NO6/c1-24-14-6-5-12(19(23)20(14)27-4)18(22)17-13-10-16(26-3)15(25-2)9-11(13)7-8-21-17/h5-10,23H,1-4H3. The van der Waals surface area contributed by atoms with Crippen LogP contribution in [0, 0.1) is 0 Å². The van der Waals surface area contributed by atoms with Crippen LogP contribution in [-0.2, 0) is 0 Å². The van der Waals surface area contributed by atoms with Gasteiger partial charge >= 0.3 is 0 Å². The minimum Gasteiger partial charge on any atom is -0.504 e. The molecule has 3 aromatic rings. The third-order valence-electron chi connectivity index (χ3n) is 4.25. The second kappa shape index (κ2) is 7.41. The zero-order valence-corrected chi connectivity index (χ0v) is 15.4. The number of pyridine rings is 1. The van der Waals surface area contributed by atoms with Crippen molar-refractivity contribution in [1.29, 1.82) is 0 Å². The summed E-state index contributed by atoms with van der Waals surface area (Å²) >= 11 is 0. The summed E-state index contributed by atoms with van der Waals surface area (Å²) in [5.41, 5.74) is 0.235. The molecule has 27 heavy (non-hydrogen) atoms. The Morgan fingerprint density at radius 1 is 0.889 bits per heavy atom. The van der Waals surface area contributed by atoms with Gasteiger partial charge in [-0.05, 0) is 35.7 Å². The predicted octanol–water partition coefficient (Wildman–Crippen LogP) is 3.21. The maximum absolute atomic E-state index is 13.1. The van der Waals surface area contributed by atoms with E-state index in [0.717, 1.165) is 5.39 Å². The molecule has 7 heteroatoms. The van der Waals surface area contributed by atoms with E-state index in [0.29, 0.717) is 22.6 Å². The minimum atomic E-state index is -0.453. The second-order valence-electron chi connectivity index (χ2n) is 5.61. The van der Waals surface area contributed by atoms with Crippen molar-refractivity contribution in [2.45, 2.75) is 0 Å². The number of aromatic hydroxyl groups is 1. The molecule has 1 aromatic heterocycles. The van der Waals surface area contributed by atoms with Gasteiger partial charge in [0, 0.05) is 11.6 Å². The van der Waals surface area contributed by atoms with E-state index >= 15 is 0 Å². The van der Waals surface area contributed by atoms with Gasteiger partial charge in [-0.1, -0.05) is 0 Å². The Morgan fingerprint density at radius 3 is 2.19 bits per heavy atom. The van der Waals surface area contributed by atoms with Crippen LogP contribution >= 0.6 is 0 Å². The van der Waals surface area contributed by atoms with Gasteiger partial charge in [0.1, 0.15) is 5.69 Å². The van der Waals surface area contributed by atoms with E-state index in [9.17, 15) is 9.90 Å². The number of aromatic nitrogens is 1. The van der Waals surface area contributed by atoms with E-state index in [1.807, 2.05) is 0 Å². The highest BCUT2D eigenvalue weighted by Gasteiger charge is 2.23. The van der Waals surface area contributed by atoms with Crippen molar-refractivity contribution in [3.8, 4) is 28.7 Å². The molecule has 0 saturated carbocycles. The number of phenols is 1. The first kappa shape index (κ1) is 18.3. The molecule has 2 aromatic carbocycles. The van der Waals surface area contributed by atoms with E-state index in [4.69, 9.17) is 18.9 Å². The molecule has 140 valence electrons. The van der Waals surface area contributed by atoms with Crippen molar-refractivity contribution in [3.63, 3.8) is 0 Å². The van der Waals surface area contributed by atoms with Gasteiger partial charge in [0.05, 0.1) is 34.0 Å². The maximum Gasteiger partial charge on any atom is 0.215 e. The number of ether oxygens (including phenoxy) is 4. The summed E-state index contributed by atoms with van der Waals surface area (Å²) in [5.74, 6) is 0.672. The van der Waals surface area contributed by atoms with Gasteiger partial charge in [-0.25, -0.2) is 0 Å². The molecule has 0 radical (unpaired) electrons. The lowest BCUT2D eigenvalue weighted by molar-refractivity contribution is 0.103.